The highest BCUT2D eigenvalue weighted by atomic mass is 32.2. The van der Waals surface area contributed by atoms with Crippen molar-refractivity contribution in [3.8, 4) is 0 Å². The predicted octanol–water partition coefficient (Wildman–Crippen LogP) is 8.38. The van der Waals surface area contributed by atoms with E-state index in [-0.39, 0.29) is 15.6 Å². The molecule has 0 saturated heterocycles. The summed E-state index contributed by atoms with van der Waals surface area (Å²) < 4.78 is 0.000163. The van der Waals surface area contributed by atoms with Crippen LogP contribution in [0.15, 0.2) is 52.3 Å². The molecule has 0 aromatic heterocycles. The van der Waals surface area contributed by atoms with Gasteiger partial charge >= 0.3 is 0 Å². The van der Waals surface area contributed by atoms with Gasteiger partial charge in [0.2, 0.25) is 0 Å². The molecule has 0 N–H and O–H groups in total. The summed E-state index contributed by atoms with van der Waals surface area (Å²) in [6.45, 7) is 18.3. The molecule has 0 aliphatic carbocycles. The maximum Gasteiger partial charge on any atom is 0.0435 e. The highest BCUT2D eigenvalue weighted by Gasteiger charge is 2.30. The van der Waals surface area contributed by atoms with Crippen molar-refractivity contribution in [3.63, 3.8) is 0 Å². The van der Waals surface area contributed by atoms with Gasteiger partial charge in [0.25, 0.3) is 0 Å². The second kappa shape index (κ2) is 8.25. The Morgan fingerprint density at radius 3 is 1.81 bits per heavy atom. The van der Waals surface area contributed by atoms with E-state index in [9.17, 15) is 0 Å². The van der Waals surface area contributed by atoms with Crippen LogP contribution in [0.4, 0.5) is 0 Å². The molecule has 1 atom stereocenters. The largest absolute Gasteiger partial charge is 0.143 e. The Balaban J connectivity index is 2.40. The van der Waals surface area contributed by atoms with Crippen LogP contribution in [0.5, 0.6) is 0 Å². The third kappa shape index (κ3) is 5.15. The fourth-order valence-electron chi connectivity index (χ4n) is 3.19. The summed E-state index contributed by atoms with van der Waals surface area (Å²) in [5.41, 5.74) is 4.50. The van der Waals surface area contributed by atoms with Crippen LogP contribution in [0.2, 0.25) is 0 Å². The van der Waals surface area contributed by atoms with Crippen molar-refractivity contribution in [2.24, 2.45) is 0 Å². The van der Waals surface area contributed by atoms with Gasteiger partial charge in [0.1, 0.15) is 0 Å². The zero-order valence-electron chi connectivity index (χ0n) is 18.3. The summed E-state index contributed by atoms with van der Waals surface area (Å²) in [4.78, 5) is 2.41. The van der Waals surface area contributed by atoms with Crippen molar-refractivity contribution in [1.82, 2.24) is 0 Å². The summed E-state index contributed by atoms with van der Waals surface area (Å²) in [5.74, 6) is 0. The van der Waals surface area contributed by atoms with Crippen molar-refractivity contribution in [1.29, 1.82) is 0 Å². The van der Waals surface area contributed by atoms with Gasteiger partial charge in [-0.1, -0.05) is 72.7 Å². The van der Waals surface area contributed by atoms with Gasteiger partial charge in [0, 0.05) is 14.5 Å². The number of thiol groups is 1. The molecular formula is C25H36S2. The summed E-state index contributed by atoms with van der Waals surface area (Å²) in [5, 5.41) is 0. The first-order valence-corrected chi connectivity index (χ1v) is 11.3. The number of hydrogen-bond donors (Lipinski definition) is 1. The summed E-state index contributed by atoms with van der Waals surface area (Å²) in [6.07, 6.45) is 2.19. The van der Waals surface area contributed by atoms with E-state index in [1.54, 1.807) is 0 Å². The smallest absolute Gasteiger partial charge is 0.0435 e. The first-order chi connectivity index (χ1) is 12.4. The van der Waals surface area contributed by atoms with Crippen molar-refractivity contribution < 1.29 is 0 Å². The number of hydrogen-bond acceptors (Lipinski definition) is 2. The number of rotatable bonds is 6. The molecule has 2 heteroatoms. The monoisotopic (exact) mass is 400 g/mol. The Labute approximate surface area is 177 Å². The minimum Gasteiger partial charge on any atom is -0.143 e. The van der Waals surface area contributed by atoms with Gasteiger partial charge in [-0.05, 0) is 65.5 Å². The zero-order chi connectivity index (χ0) is 20.5. The first kappa shape index (κ1) is 22.4. The number of benzene rings is 2. The topological polar surface area (TPSA) is 0 Å². The van der Waals surface area contributed by atoms with Gasteiger partial charge in [-0.2, -0.15) is 0 Å². The highest BCUT2D eigenvalue weighted by Crippen LogP contribution is 2.47. The highest BCUT2D eigenvalue weighted by molar-refractivity contribution is 8.00. The van der Waals surface area contributed by atoms with E-state index in [1.165, 1.54) is 21.6 Å². The van der Waals surface area contributed by atoms with Gasteiger partial charge < -0.3 is 0 Å². The molecule has 0 bridgehead atoms. The molecule has 0 aliphatic heterocycles. The van der Waals surface area contributed by atoms with Crippen LogP contribution >= 0.6 is 24.4 Å². The molecule has 0 saturated carbocycles. The SMILES string of the molecule is CCC(C)(C)c1ccc(S)c(C(C)(CC)Sc2ccc(C(C)(C)C)cc2)c1. The lowest BCUT2D eigenvalue weighted by atomic mass is 9.80. The normalized spacial score (nSPS) is 14.9. The van der Waals surface area contributed by atoms with Crippen molar-refractivity contribution >= 4 is 24.4 Å². The fraction of sp³-hybridized carbons (Fsp3) is 0.520. The van der Waals surface area contributed by atoms with Crippen molar-refractivity contribution in [2.45, 2.75) is 93.6 Å². The Morgan fingerprint density at radius 2 is 1.33 bits per heavy atom. The average molecular weight is 401 g/mol. The molecule has 2 aromatic rings. The fourth-order valence-corrected chi connectivity index (χ4v) is 4.86. The van der Waals surface area contributed by atoms with E-state index in [4.69, 9.17) is 12.6 Å². The molecule has 0 amide bonds. The molecular weight excluding hydrogens is 364 g/mol. The molecule has 148 valence electrons. The average Bonchev–Trinajstić information content (AvgIpc) is 2.61. The maximum atomic E-state index is 4.82. The molecule has 0 heterocycles. The van der Waals surface area contributed by atoms with Crippen LogP contribution in [0.25, 0.3) is 0 Å². The van der Waals surface area contributed by atoms with Crippen molar-refractivity contribution in [2.75, 3.05) is 0 Å². The number of thioether (sulfide) groups is 1. The van der Waals surface area contributed by atoms with Crippen LogP contribution in [0, 0.1) is 0 Å². The van der Waals surface area contributed by atoms with Crippen LogP contribution < -0.4 is 0 Å². The van der Waals surface area contributed by atoms with E-state index < -0.39 is 0 Å². The molecule has 0 aliphatic rings. The summed E-state index contributed by atoms with van der Waals surface area (Å²) >= 11 is 6.78. The van der Waals surface area contributed by atoms with Crippen LogP contribution in [0.3, 0.4) is 0 Å². The van der Waals surface area contributed by atoms with Crippen LogP contribution in [-0.2, 0) is 15.6 Å². The van der Waals surface area contributed by atoms with Gasteiger partial charge in [-0.3, -0.25) is 0 Å². The van der Waals surface area contributed by atoms with E-state index in [0.29, 0.717) is 0 Å². The lowest BCUT2D eigenvalue weighted by Gasteiger charge is -2.32. The third-order valence-corrected chi connectivity index (χ3v) is 7.83. The molecule has 27 heavy (non-hydrogen) atoms. The second-order valence-electron chi connectivity index (χ2n) is 9.43. The minimum absolute atomic E-state index is 0.000163. The zero-order valence-corrected chi connectivity index (χ0v) is 20.0. The Morgan fingerprint density at radius 1 is 0.778 bits per heavy atom. The van der Waals surface area contributed by atoms with E-state index in [1.807, 2.05) is 11.8 Å². The van der Waals surface area contributed by atoms with Gasteiger partial charge in [-0.25, -0.2) is 0 Å². The van der Waals surface area contributed by atoms with Crippen LogP contribution in [-0.4, -0.2) is 0 Å². The quantitative estimate of drug-likeness (QED) is 0.375. The Hall–Kier alpha value is -0.860. The lowest BCUT2D eigenvalue weighted by molar-refractivity contribution is 0.503. The van der Waals surface area contributed by atoms with E-state index in [2.05, 4.69) is 97.9 Å². The Kier molecular flexibility index (Phi) is 6.85. The first-order valence-electron chi connectivity index (χ1n) is 10.1. The molecule has 0 radical (unpaired) electrons. The summed E-state index contributed by atoms with van der Waals surface area (Å²) in [6, 6.07) is 15.9. The second-order valence-corrected chi connectivity index (χ2v) is 11.5. The van der Waals surface area contributed by atoms with Crippen molar-refractivity contribution in [3.05, 3.63) is 59.2 Å². The minimum atomic E-state index is 0.000163. The molecule has 2 rings (SSSR count). The van der Waals surface area contributed by atoms with Crippen LogP contribution in [0.1, 0.15) is 84.9 Å². The molecule has 0 spiro atoms. The van der Waals surface area contributed by atoms with Gasteiger partial charge in [0.15, 0.2) is 0 Å². The van der Waals surface area contributed by atoms with E-state index >= 15 is 0 Å². The molecule has 2 aromatic carbocycles. The third-order valence-electron chi connectivity index (χ3n) is 5.97. The maximum absolute atomic E-state index is 4.82. The lowest BCUT2D eigenvalue weighted by Crippen LogP contribution is -2.21. The molecule has 0 fully saturated rings. The van der Waals surface area contributed by atoms with Gasteiger partial charge in [-0.15, -0.1) is 24.4 Å². The molecule has 1 unspecified atom stereocenters. The van der Waals surface area contributed by atoms with E-state index in [0.717, 1.165) is 17.7 Å². The standard InChI is InChI=1S/C25H36S2/c1-9-24(6,7)19-13-16-22(26)21(17-19)25(8,10-2)27-20-14-11-18(12-15-20)23(3,4)5/h11-17,26H,9-10H2,1-8H3. The van der Waals surface area contributed by atoms with Gasteiger partial charge in [0.05, 0.1) is 0 Å². The summed E-state index contributed by atoms with van der Waals surface area (Å²) in [7, 11) is 0. The molecule has 0 nitrogen and oxygen atoms in total. The Bertz CT molecular complexity index is 766. The predicted molar refractivity (Wildman–Crippen MR) is 126 cm³/mol.